The van der Waals surface area contributed by atoms with E-state index in [1.54, 1.807) is 43.5 Å². The van der Waals surface area contributed by atoms with Crippen LogP contribution in [-0.4, -0.2) is 56.8 Å². The summed E-state index contributed by atoms with van der Waals surface area (Å²) in [6.07, 6.45) is -1.49. The highest BCUT2D eigenvalue weighted by atomic mass is 16.5. The van der Waals surface area contributed by atoms with Crippen molar-refractivity contribution in [1.82, 2.24) is 10.6 Å². The van der Waals surface area contributed by atoms with Gasteiger partial charge in [0.25, 0.3) is 0 Å². The second-order valence-corrected chi connectivity index (χ2v) is 9.12. The molecule has 0 saturated heterocycles. The summed E-state index contributed by atoms with van der Waals surface area (Å²) >= 11 is 0. The zero-order valence-corrected chi connectivity index (χ0v) is 21.0. The van der Waals surface area contributed by atoms with Crippen LogP contribution in [-0.2, 0) is 11.2 Å². The molecule has 1 aliphatic heterocycles. The zero-order chi connectivity index (χ0) is 26.4. The molecule has 2 amide bonds. The van der Waals surface area contributed by atoms with Crippen LogP contribution in [0.25, 0.3) is 0 Å². The SMILES string of the molecule is CNC(=O)N[C@H]1[C@@H](O)[C@@]2(O)c3c(OC)cc(OC)cc3O[C@@]2(c2ccc(OC)cc2)[C@@H]1c1ccccc1. The number of carbonyl (C=O) groups is 1. The fourth-order valence-corrected chi connectivity index (χ4v) is 5.89. The van der Waals surface area contributed by atoms with Gasteiger partial charge in [0, 0.05) is 19.2 Å². The largest absolute Gasteiger partial charge is 0.497 e. The van der Waals surface area contributed by atoms with Crippen LogP contribution in [0.15, 0.2) is 66.7 Å². The second-order valence-electron chi connectivity index (χ2n) is 9.12. The lowest BCUT2D eigenvalue weighted by molar-refractivity contribution is -0.150. The van der Waals surface area contributed by atoms with Crippen LogP contribution in [0.3, 0.4) is 0 Å². The van der Waals surface area contributed by atoms with Crippen LogP contribution in [0.5, 0.6) is 23.0 Å². The highest BCUT2D eigenvalue weighted by molar-refractivity contribution is 5.75. The van der Waals surface area contributed by atoms with Crippen molar-refractivity contribution in [3.05, 3.63) is 83.4 Å². The summed E-state index contributed by atoms with van der Waals surface area (Å²) in [6.45, 7) is 0. The summed E-state index contributed by atoms with van der Waals surface area (Å²) in [7, 11) is 6.06. The molecule has 0 radical (unpaired) electrons. The number of rotatable bonds is 6. The third-order valence-corrected chi connectivity index (χ3v) is 7.48. The van der Waals surface area contributed by atoms with Crippen LogP contribution in [0, 0.1) is 0 Å². The Hall–Kier alpha value is -3.95. The number of aliphatic hydroxyl groups is 2. The Morgan fingerprint density at radius 2 is 1.62 bits per heavy atom. The minimum Gasteiger partial charge on any atom is -0.497 e. The van der Waals surface area contributed by atoms with Crippen molar-refractivity contribution >= 4 is 6.03 Å². The maximum atomic E-state index is 12.7. The zero-order valence-electron chi connectivity index (χ0n) is 21.0. The topological polar surface area (TPSA) is 119 Å². The number of nitrogens with one attached hydrogen (secondary N) is 2. The van der Waals surface area contributed by atoms with E-state index in [0.29, 0.717) is 28.6 Å². The smallest absolute Gasteiger partial charge is 0.314 e. The van der Waals surface area contributed by atoms with Gasteiger partial charge in [0.15, 0.2) is 11.2 Å². The molecular weight excluding hydrogens is 476 g/mol. The van der Waals surface area contributed by atoms with Crippen LogP contribution < -0.4 is 29.6 Å². The first-order valence-electron chi connectivity index (χ1n) is 11.9. The molecule has 9 heteroatoms. The molecular formula is C28H30N2O7. The molecule has 3 aromatic rings. The number of carbonyl (C=O) groups excluding carboxylic acids is 1. The number of hydrogen-bond donors (Lipinski definition) is 4. The summed E-state index contributed by atoms with van der Waals surface area (Å²) in [5.41, 5.74) is -1.97. The van der Waals surface area contributed by atoms with Crippen LogP contribution in [0.4, 0.5) is 4.79 Å². The molecule has 4 N–H and O–H groups in total. The normalized spacial score (nSPS) is 27.5. The minimum atomic E-state index is -2.03. The van der Waals surface area contributed by atoms with Gasteiger partial charge in [-0.15, -0.1) is 0 Å². The number of aliphatic hydroxyl groups excluding tert-OH is 1. The molecule has 1 fully saturated rings. The molecule has 3 aromatic carbocycles. The molecule has 1 aliphatic carbocycles. The molecule has 37 heavy (non-hydrogen) atoms. The summed E-state index contributed by atoms with van der Waals surface area (Å²) < 4.78 is 23.2. The maximum absolute atomic E-state index is 12.7. The predicted octanol–water partition coefficient (Wildman–Crippen LogP) is 2.64. The van der Waals surface area contributed by atoms with E-state index >= 15 is 0 Å². The first kappa shape index (κ1) is 24.7. The number of methoxy groups -OCH3 is 3. The number of urea groups is 1. The Balaban J connectivity index is 1.85. The molecule has 0 bridgehead atoms. The fraction of sp³-hybridized carbons (Fsp3) is 0.321. The van der Waals surface area contributed by atoms with Gasteiger partial charge in [-0.3, -0.25) is 0 Å². The van der Waals surface area contributed by atoms with E-state index < -0.39 is 35.3 Å². The Morgan fingerprint density at radius 3 is 2.22 bits per heavy atom. The molecule has 1 saturated carbocycles. The quantitative estimate of drug-likeness (QED) is 0.406. The van der Waals surface area contributed by atoms with Crippen molar-refractivity contribution in [3.8, 4) is 23.0 Å². The minimum absolute atomic E-state index is 0.279. The van der Waals surface area contributed by atoms with Crippen LogP contribution in [0.1, 0.15) is 22.6 Å². The third kappa shape index (κ3) is 3.42. The molecule has 5 atom stereocenters. The molecule has 2 aliphatic rings. The van der Waals surface area contributed by atoms with E-state index in [1.165, 1.54) is 21.3 Å². The molecule has 1 heterocycles. The highest BCUT2D eigenvalue weighted by Crippen LogP contribution is 2.68. The van der Waals surface area contributed by atoms with Gasteiger partial charge in [-0.2, -0.15) is 0 Å². The summed E-state index contributed by atoms with van der Waals surface area (Å²) in [6, 6.07) is 18.4. The maximum Gasteiger partial charge on any atom is 0.314 e. The first-order valence-corrected chi connectivity index (χ1v) is 11.9. The van der Waals surface area contributed by atoms with Crippen molar-refractivity contribution in [3.63, 3.8) is 0 Å². The Bertz CT molecular complexity index is 1300. The van der Waals surface area contributed by atoms with E-state index in [0.717, 1.165) is 5.56 Å². The van der Waals surface area contributed by atoms with Gasteiger partial charge in [-0.05, 0) is 23.3 Å². The number of benzene rings is 3. The monoisotopic (exact) mass is 506 g/mol. The standard InChI is InChI=1S/C28H30N2O7/c1-29-26(32)30-24-22(16-8-6-5-7-9-16)28(17-10-12-18(34-2)13-11-17)27(33,25(24)31)23-20(36-4)14-19(35-3)15-21(23)37-28/h5-15,22,24-25,31,33H,1-4H3,(H2,29,30,32)/t22-,24-,25-,27+,28+/m1/s1. The summed E-state index contributed by atoms with van der Waals surface area (Å²) in [5, 5.41) is 30.1. The average molecular weight is 507 g/mol. The van der Waals surface area contributed by atoms with Crippen molar-refractivity contribution in [2.24, 2.45) is 0 Å². The average Bonchev–Trinajstić information content (AvgIpc) is 3.31. The van der Waals surface area contributed by atoms with Gasteiger partial charge < -0.3 is 39.8 Å². The fourth-order valence-electron chi connectivity index (χ4n) is 5.89. The second kappa shape index (κ2) is 9.17. The molecule has 0 unspecified atom stereocenters. The Labute approximate surface area is 214 Å². The number of fused-ring (bicyclic) bond motifs is 3. The van der Waals surface area contributed by atoms with E-state index in [2.05, 4.69) is 10.6 Å². The molecule has 194 valence electrons. The molecule has 9 nitrogen and oxygen atoms in total. The lowest BCUT2D eigenvalue weighted by atomic mass is 9.71. The van der Waals surface area contributed by atoms with Gasteiger partial charge in [0.05, 0.1) is 38.9 Å². The summed E-state index contributed by atoms with van der Waals surface area (Å²) in [4.78, 5) is 12.6. The van der Waals surface area contributed by atoms with E-state index in [9.17, 15) is 15.0 Å². The van der Waals surface area contributed by atoms with Crippen molar-refractivity contribution in [2.45, 2.75) is 29.3 Å². The van der Waals surface area contributed by atoms with Crippen LogP contribution >= 0.6 is 0 Å². The number of hydrogen-bond acceptors (Lipinski definition) is 7. The third-order valence-electron chi connectivity index (χ3n) is 7.48. The van der Waals surface area contributed by atoms with E-state index in [-0.39, 0.29) is 5.56 Å². The van der Waals surface area contributed by atoms with E-state index in [1.807, 2.05) is 30.3 Å². The number of amides is 2. The van der Waals surface area contributed by atoms with Crippen molar-refractivity contribution in [1.29, 1.82) is 0 Å². The van der Waals surface area contributed by atoms with E-state index in [4.69, 9.17) is 18.9 Å². The highest BCUT2D eigenvalue weighted by Gasteiger charge is 2.77. The lowest BCUT2D eigenvalue weighted by Gasteiger charge is -2.40. The summed E-state index contributed by atoms with van der Waals surface area (Å²) in [5.74, 6) is 0.970. The number of ether oxygens (including phenoxy) is 4. The Kier molecular flexibility index (Phi) is 6.13. The van der Waals surface area contributed by atoms with Gasteiger partial charge in [0.2, 0.25) is 0 Å². The first-order chi connectivity index (χ1) is 17.8. The van der Waals surface area contributed by atoms with Crippen LogP contribution in [0.2, 0.25) is 0 Å². The Morgan fingerprint density at radius 1 is 0.946 bits per heavy atom. The molecule has 0 aromatic heterocycles. The lowest BCUT2D eigenvalue weighted by Crippen LogP contribution is -2.52. The van der Waals surface area contributed by atoms with Crippen molar-refractivity contribution in [2.75, 3.05) is 28.4 Å². The van der Waals surface area contributed by atoms with Gasteiger partial charge in [-0.25, -0.2) is 4.79 Å². The molecule has 5 rings (SSSR count). The predicted molar refractivity (Wildman–Crippen MR) is 135 cm³/mol. The van der Waals surface area contributed by atoms with Gasteiger partial charge in [-0.1, -0.05) is 42.5 Å². The van der Waals surface area contributed by atoms with Gasteiger partial charge in [0.1, 0.15) is 29.1 Å². The van der Waals surface area contributed by atoms with Crippen molar-refractivity contribution < 1.29 is 34.0 Å². The van der Waals surface area contributed by atoms with Gasteiger partial charge >= 0.3 is 6.03 Å². The molecule has 0 spiro atoms.